The molecule has 5 nitrogen and oxygen atoms in total. The summed E-state index contributed by atoms with van der Waals surface area (Å²) in [6, 6.07) is 0. The summed E-state index contributed by atoms with van der Waals surface area (Å²) in [7, 11) is 0. The molecule has 1 aromatic heterocycles. The third-order valence-electron chi connectivity index (χ3n) is 1.94. The van der Waals surface area contributed by atoms with Crippen molar-refractivity contribution in [2.75, 3.05) is 12.4 Å². The summed E-state index contributed by atoms with van der Waals surface area (Å²) < 4.78 is 0. The van der Waals surface area contributed by atoms with Crippen LogP contribution in [-0.2, 0) is 11.2 Å². The van der Waals surface area contributed by atoms with Crippen molar-refractivity contribution in [1.82, 2.24) is 20.5 Å². The minimum Gasteiger partial charge on any atom is -0.356 e. The van der Waals surface area contributed by atoms with E-state index in [2.05, 4.69) is 20.5 Å². The van der Waals surface area contributed by atoms with Crippen LogP contribution >= 0.6 is 11.6 Å². The van der Waals surface area contributed by atoms with Gasteiger partial charge in [0.1, 0.15) is 12.2 Å². The predicted molar refractivity (Wildman–Crippen MR) is 57.7 cm³/mol. The zero-order valence-electron chi connectivity index (χ0n) is 8.50. The molecule has 6 heteroatoms. The van der Waals surface area contributed by atoms with E-state index in [-0.39, 0.29) is 5.91 Å². The summed E-state index contributed by atoms with van der Waals surface area (Å²) >= 11 is 5.51. The first-order valence-electron chi connectivity index (χ1n) is 5.00. The van der Waals surface area contributed by atoms with Crippen LogP contribution in [0.3, 0.4) is 0 Å². The quantitative estimate of drug-likeness (QED) is 0.540. The lowest BCUT2D eigenvalue weighted by molar-refractivity contribution is -0.121. The van der Waals surface area contributed by atoms with E-state index in [0.29, 0.717) is 25.3 Å². The monoisotopic (exact) mass is 230 g/mol. The fraction of sp³-hybridized carbons (Fsp3) is 0.667. The Morgan fingerprint density at radius 2 is 2.40 bits per heavy atom. The third kappa shape index (κ3) is 5.37. The average molecular weight is 231 g/mol. The topological polar surface area (TPSA) is 70.7 Å². The number of aromatic amines is 1. The van der Waals surface area contributed by atoms with Gasteiger partial charge in [0, 0.05) is 25.3 Å². The standard InChI is InChI=1S/C9H15ClN4O/c10-5-2-1-3-9(15)11-6-4-8-12-7-13-14-8/h7H,1-6H2,(H,11,15)(H,12,13,14). The molecule has 0 aliphatic heterocycles. The van der Waals surface area contributed by atoms with Gasteiger partial charge in [-0.3, -0.25) is 9.89 Å². The highest BCUT2D eigenvalue weighted by molar-refractivity contribution is 6.17. The summed E-state index contributed by atoms with van der Waals surface area (Å²) in [5, 5.41) is 9.26. The summed E-state index contributed by atoms with van der Waals surface area (Å²) in [6.07, 6.45) is 4.41. The molecule has 1 rings (SSSR count). The van der Waals surface area contributed by atoms with Gasteiger partial charge in [-0.2, -0.15) is 5.10 Å². The number of hydrogen-bond donors (Lipinski definition) is 2. The number of carbonyl (C=O) groups excluding carboxylic acids is 1. The second kappa shape index (κ2) is 7.23. The molecule has 0 radical (unpaired) electrons. The lowest BCUT2D eigenvalue weighted by Gasteiger charge is -2.02. The molecular weight excluding hydrogens is 216 g/mol. The molecule has 0 saturated carbocycles. The number of carbonyl (C=O) groups is 1. The van der Waals surface area contributed by atoms with Crippen molar-refractivity contribution in [2.24, 2.45) is 0 Å². The van der Waals surface area contributed by atoms with E-state index in [0.717, 1.165) is 18.7 Å². The van der Waals surface area contributed by atoms with Crippen molar-refractivity contribution in [2.45, 2.75) is 25.7 Å². The highest BCUT2D eigenvalue weighted by Crippen LogP contribution is 1.96. The first kappa shape index (κ1) is 12.0. The molecule has 1 aromatic rings. The molecule has 0 aliphatic rings. The summed E-state index contributed by atoms with van der Waals surface area (Å²) in [4.78, 5) is 15.2. The van der Waals surface area contributed by atoms with Crippen LogP contribution in [0.15, 0.2) is 6.33 Å². The number of rotatable bonds is 7. The van der Waals surface area contributed by atoms with Gasteiger partial charge >= 0.3 is 0 Å². The molecule has 0 fully saturated rings. The number of nitrogens with zero attached hydrogens (tertiary/aromatic N) is 2. The zero-order chi connectivity index (χ0) is 10.9. The van der Waals surface area contributed by atoms with Crippen molar-refractivity contribution in [3.63, 3.8) is 0 Å². The fourth-order valence-electron chi connectivity index (χ4n) is 1.14. The molecule has 15 heavy (non-hydrogen) atoms. The molecule has 0 aliphatic carbocycles. The maximum Gasteiger partial charge on any atom is 0.220 e. The SMILES string of the molecule is O=C(CCCCCl)NCCc1ncn[nH]1. The van der Waals surface area contributed by atoms with E-state index < -0.39 is 0 Å². The van der Waals surface area contributed by atoms with Gasteiger partial charge < -0.3 is 5.32 Å². The second-order valence-electron chi connectivity index (χ2n) is 3.18. The van der Waals surface area contributed by atoms with Gasteiger partial charge in [0.25, 0.3) is 0 Å². The molecule has 0 bridgehead atoms. The maximum atomic E-state index is 11.2. The van der Waals surface area contributed by atoms with Gasteiger partial charge in [0.05, 0.1) is 0 Å². The number of unbranched alkanes of at least 4 members (excludes halogenated alkanes) is 1. The largest absolute Gasteiger partial charge is 0.356 e. The Labute approximate surface area is 93.6 Å². The molecule has 0 spiro atoms. The number of nitrogens with one attached hydrogen (secondary N) is 2. The first-order chi connectivity index (χ1) is 7.33. The Balaban J connectivity index is 2.02. The highest BCUT2D eigenvalue weighted by atomic mass is 35.5. The second-order valence-corrected chi connectivity index (χ2v) is 3.56. The number of alkyl halides is 1. The van der Waals surface area contributed by atoms with Crippen LogP contribution in [0.2, 0.25) is 0 Å². The predicted octanol–water partition coefficient (Wildman–Crippen LogP) is 0.872. The number of halogens is 1. The molecule has 2 N–H and O–H groups in total. The number of aromatic nitrogens is 3. The first-order valence-corrected chi connectivity index (χ1v) is 5.53. The molecule has 0 unspecified atom stereocenters. The number of H-pyrrole nitrogens is 1. The Morgan fingerprint density at radius 1 is 1.53 bits per heavy atom. The maximum absolute atomic E-state index is 11.2. The van der Waals surface area contributed by atoms with E-state index in [1.165, 1.54) is 6.33 Å². The van der Waals surface area contributed by atoms with Crippen LogP contribution < -0.4 is 5.32 Å². The molecule has 1 amide bonds. The van der Waals surface area contributed by atoms with Crippen LogP contribution in [0.5, 0.6) is 0 Å². The Morgan fingerprint density at radius 3 is 3.07 bits per heavy atom. The Bertz CT molecular complexity index is 276. The van der Waals surface area contributed by atoms with Crippen molar-refractivity contribution >= 4 is 17.5 Å². The fourth-order valence-corrected chi connectivity index (χ4v) is 1.33. The Kier molecular flexibility index (Phi) is 5.77. The highest BCUT2D eigenvalue weighted by Gasteiger charge is 2.01. The number of amides is 1. The van der Waals surface area contributed by atoms with Crippen molar-refractivity contribution in [1.29, 1.82) is 0 Å². The van der Waals surface area contributed by atoms with Crippen molar-refractivity contribution < 1.29 is 4.79 Å². The molecule has 1 heterocycles. The average Bonchev–Trinajstić information content (AvgIpc) is 2.71. The van der Waals surface area contributed by atoms with Gasteiger partial charge in [0.2, 0.25) is 5.91 Å². The van der Waals surface area contributed by atoms with E-state index in [9.17, 15) is 4.79 Å². The zero-order valence-corrected chi connectivity index (χ0v) is 9.26. The molecule has 0 aromatic carbocycles. The van der Waals surface area contributed by atoms with Crippen LogP contribution in [0, 0.1) is 0 Å². The van der Waals surface area contributed by atoms with Gasteiger partial charge in [0.15, 0.2) is 0 Å². The molecule has 84 valence electrons. The lowest BCUT2D eigenvalue weighted by Crippen LogP contribution is -2.25. The van der Waals surface area contributed by atoms with Crippen LogP contribution in [-0.4, -0.2) is 33.5 Å². The lowest BCUT2D eigenvalue weighted by atomic mass is 10.2. The minimum atomic E-state index is 0.0691. The summed E-state index contributed by atoms with van der Waals surface area (Å²) in [5.74, 6) is 1.47. The summed E-state index contributed by atoms with van der Waals surface area (Å²) in [6.45, 7) is 0.592. The Hall–Kier alpha value is -1.10. The van der Waals surface area contributed by atoms with Gasteiger partial charge in [-0.25, -0.2) is 4.98 Å². The van der Waals surface area contributed by atoms with Gasteiger partial charge in [-0.05, 0) is 12.8 Å². The molecule has 0 saturated heterocycles. The summed E-state index contributed by atoms with van der Waals surface area (Å²) in [5.41, 5.74) is 0. The van der Waals surface area contributed by atoms with Crippen LogP contribution in [0.1, 0.15) is 25.1 Å². The third-order valence-corrected chi connectivity index (χ3v) is 2.20. The van der Waals surface area contributed by atoms with E-state index in [1.54, 1.807) is 0 Å². The molecular formula is C9H15ClN4O. The number of hydrogen-bond acceptors (Lipinski definition) is 3. The van der Waals surface area contributed by atoms with Gasteiger partial charge in [-0.15, -0.1) is 11.6 Å². The van der Waals surface area contributed by atoms with Crippen molar-refractivity contribution in [3.8, 4) is 0 Å². The van der Waals surface area contributed by atoms with E-state index in [4.69, 9.17) is 11.6 Å². The van der Waals surface area contributed by atoms with E-state index >= 15 is 0 Å². The smallest absolute Gasteiger partial charge is 0.220 e. The minimum absolute atomic E-state index is 0.0691. The van der Waals surface area contributed by atoms with Crippen molar-refractivity contribution in [3.05, 3.63) is 12.2 Å². The van der Waals surface area contributed by atoms with E-state index in [1.807, 2.05) is 0 Å². The van der Waals surface area contributed by atoms with Gasteiger partial charge in [-0.1, -0.05) is 0 Å². The van der Waals surface area contributed by atoms with Crippen LogP contribution in [0.25, 0.3) is 0 Å². The normalized spacial score (nSPS) is 10.2. The van der Waals surface area contributed by atoms with Crippen LogP contribution in [0.4, 0.5) is 0 Å². The molecule has 0 atom stereocenters.